The molecule has 7 heteroatoms. The smallest absolute Gasteiger partial charge is 0.335 e. The Kier molecular flexibility index (Phi) is 6.64. The molecule has 3 N–H and O–H groups in total. The van der Waals surface area contributed by atoms with Crippen LogP contribution in [0.3, 0.4) is 0 Å². The first-order valence-corrected chi connectivity index (χ1v) is 6.38. The highest BCUT2D eigenvalue weighted by atomic mass is 16.5. The van der Waals surface area contributed by atoms with Crippen molar-refractivity contribution in [3.63, 3.8) is 0 Å². The maximum atomic E-state index is 11.7. The Balaban J connectivity index is 2.55. The van der Waals surface area contributed by atoms with Gasteiger partial charge in [0.15, 0.2) is 0 Å². The van der Waals surface area contributed by atoms with Crippen LogP contribution in [-0.4, -0.2) is 50.6 Å². The second kappa shape index (κ2) is 8.23. The summed E-state index contributed by atoms with van der Waals surface area (Å²) in [6.45, 7) is 2.36. The van der Waals surface area contributed by atoms with Gasteiger partial charge in [-0.15, -0.1) is 0 Å². The van der Waals surface area contributed by atoms with Crippen molar-refractivity contribution in [1.29, 1.82) is 0 Å². The molecule has 1 unspecified atom stereocenters. The monoisotopic (exact) mass is 296 g/mol. The molecule has 0 aromatic heterocycles. The van der Waals surface area contributed by atoms with E-state index in [4.69, 9.17) is 14.6 Å². The van der Waals surface area contributed by atoms with E-state index in [1.54, 1.807) is 26.2 Å². The number of ether oxygens (including phenoxy) is 2. The van der Waals surface area contributed by atoms with E-state index in [1.807, 2.05) is 0 Å². The maximum Gasteiger partial charge on any atom is 0.335 e. The van der Waals surface area contributed by atoms with Crippen LogP contribution in [0.2, 0.25) is 0 Å². The number of carbonyl (C=O) groups is 2. The van der Waals surface area contributed by atoms with E-state index < -0.39 is 12.0 Å². The van der Waals surface area contributed by atoms with Crippen molar-refractivity contribution in [3.05, 3.63) is 29.3 Å². The summed E-state index contributed by atoms with van der Waals surface area (Å²) < 4.78 is 10.1. The van der Waals surface area contributed by atoms with Crippen LogP contribution in [0, 0.1) is 6.92 Å². The Morgan fingerprint density at radius 3 is 2.57 bits per heavy atom. The molecule has 21 heavy (non-hydrogen) atoms. The molecule has 0 radical (unpaired) electrons. The molecule has 2 amide bonds. The van der Waals surface area contributed by atoms with E-state index >= 15 is 0 Å². The van der Waals surface area contributed by atoms with Gasteiger partial charge in [-0.1, -0.05) is 0 Å². The molecule has 0 aliphatic rings. The van der Waals surface area contributed by atoms with Crippen molar-refractivity contribution in [3.8, 4) is 0 Å². The van der Waals surface area contributed by atoms with Crippen LogP contribution in [0.25, 0.3) is 0 Å². The van der Waals surface area contributed by atoms with Gasteiger partial charge in [0.2, 0.25) is 0 Å². The van der Waals surface area contributed by atoms with Crippen molar-refractivity contribution < 1.29 is 24.2 Å². The second-order valence-corrected chi connectivity index (χ2v) is 4.48. The lowest BCUT2D eigenvalue weighted by Crippen LogP contribution is -2.38. The number of aromatic carboxylic acids is 1. The topological polar surface area (TPSA) is 96.9 Å². The Morgan fingerprint density at radius 1 is 1.33 bits per heavy atom. The van der Waals surface area contributed by atoms with Crippen LogP contribution < -0.4 is 10.6 Å². The highest BCUT2D eigenvalue weighted by molar-refractivity contribution is 5.92. The SMILES string of the molecule is COCC(CNC(=O)Nc1ccc(C(=O)O)c(C)c1)OC. The van der Waals surface area contributed by atoms with Gasteiger partial charge in [-0.25, -0.2) is 9.59 Å². The lowest BCUT2D eigenvalue weighted by Gasteiger charge is -2.15. The molecule has 1 aromatic rings. The normalized spacial score (nSPS) is 11.8. The number of carboxylic acids is 1. The number of hydrogen-bond donors (Lipinski definition) is 3. The van der Waals surface area contributed by atoms with Gasteiger partial charge in [-0.05, 0) is 30.7 Å². The molecular formula is C14H20N2O5. The van der Waals surface area contributed by atoms with Crippen LogP contribution in [-0.2, 0) is 9.47 Å². The molecule has 0 aliphatic heterocycles. The van der Waals surface area contributed by atoms with Gasteiger partial charge in [0.05, 0.1) is 18.3 Å². The van der Waals surface area contributed by atoms with Gasteiger partial charge >= 0.3 is 12.0 Å². The Bertz CT molecular complexity index is 504. The zero-order chi connectivity index (χ0) is 15.8. The minimum Gasteiger partial charge on any atom is -0.478 e. The minimum atomic E-state index is -0.994. The molecule has 1 rings (SSSR count). The summed E-state index contributed by atoms with van der Waals surface area (Å²) in [4.78, 5) is 22.6. The van der Waals surface area contributed by atoms with Crippen LogP contribution in [0.4, 0.5) is 10.5 Å². The first-order chi connectivity index (χ1) is 9.97. The summed E-state index contributed by atoms with van der Waals surface area (Å²) in [5.41, 5.74) is 1.31. The van der Waals surface area contributed by atoms with Crippen LogP contribution in [0.1, 0.15) is 15.9 Å². The van der Waals surface area contributed by atoms with Crippen LogP contribution in [0.15, 0.2) is 18.2 Å². The van der Waals surface area contributed by atoms with Crippen molar-refractivity contribution in [2.45, 2.75) is 13.0 Å². The Morgan fingerprint density at radius 2 is 2.05 bits per heavy atom. The zero-order valence-electron chi connectivity index (χ0n) is 12.3. The average molecular weight is 296 g/mol. The van der Waals surface area contributed by atoms with Crippen LogP contribution >= 0.6 is 0 Å². The number of methoxy groups -OCH3 is 2. The van der Waals surface area contributed by atoms with E-state index in [2.05, 4.69) is 10.6 Å². The molecular weight excluding hydrogens is 276 g/mol. The number of carbonyl (C=O) groups excluding carboxylic acids is 1. The van der Waals surface area contributed by atoms with Gasteiger partial charge in [-0.3, -0.25) is 0 Å². The predicted molar refractivity (Wildman–Crippen MR) is 77.8 cm³/mol. The summed E-state index contributed by atoms with van der Waals surface area (Å²) in [5, 5.41) is 14.2. The summed E-state index contributed by atoms with van der Waals surface area (Å²) >= 11 is 0. The van der Waals surface area contributed by atoms with Crippen molar-refractivity contribution in [2.75, 3.05) is 32.7 Å². The highest BCUT2D eigenvalue weighted by Crippen LogP contribution is 2.15. The quantitative estimate of drug-likeness (QED) is 0.708. The van der Waals surface area contributed by atoms with Gasteiger partial charge in [0, 0.05) is 26.5 Å². The largest absolute Gasteiger partial charge is 0.478 e. The van der Waals surface area contributed by atoms with Gasteiger partial charge in [-0.2, -0.15) is 0 Å². The van der Waals surface area contributed by atoms with E-state index in [-0.39, 0.29) is 11.7 Å². The third kappa shape index (κ3) is 5.41. The lowest BCUT2D eigenvalue weighted by molar-refractivity contribution is 0.0307. The number of hydrogen-bond acceptors (Lipinski definition) is 4. The maximum absolute atomic E-state index is 11.7. The van der Waals surface area contributed by atoms with Crippen molar-refractivity contribution in [2.24, 2.45) is 0 Å². The molecule has 0 heterocycles. The summed E-state index contributed by atoms with van der Waals surface area (Å²) in [7, 11) is 3.09. The molecule has 1 atom stereocenters. The molecule has 0 bridgehead atoms. The van der Waals surface area contributed by atoms with Gasteiger partial charge in [0.1, 0.15) is 0 Å². The van der Waals surface area contributed by atoms with E-state index in [9.17, 15) is 9.59 Å². The fourth-order valence-electron chi connectivity index (χ4n) is 1.76. The third-order valence-electron chi connectivity index (χ3n) is 2.89. The van der Waals surface area contributed by atoms with Gasteiger partial charge < -0.3 is 25.2 Å². The summed E-state index contributed by atoms with van der Waals surface area (Å²) in [6, 6.07) is 4.21. The Hall–Kier alpha value is -2.12. The summed E-state index contributed by atoms with van der Waals surface area (Å²) in [5.74, 6) is -0.994. The van der Waals surface area contributed by atoms with E-state index in [1.165, 1.54) is 13.2 Å². The number of carboxylic acid groups (broad SMARTS) is 1. The average Bonchev–Trinajstić information content (AvgIpc) is 2.43. The van der Waals surface area contributed by atoms with E-state index in [0.717, 1.165) is 0 Å². The van der Waals surface area contributed by atoms with Crippen molar-refractivity contribution >= 4 is 17.7 Å². The molecule has 116 valence electrons. The zero-order valence-corrected chi connectivity index (χ0v) is 12.3. The fraction of sp³-hybridized carbons (Fsp3) is 0.429. The highest BCUT2D eigenvalue weighted by Gasteiger charge is 2.11. The van der Waals surface area contributed by atoms with Crippen LogP contribution in [0.5, 0.6) is 0 Å². The predicted octanol–water partition coefficient (Wildman–Crippen LogP) is 1.48. The molecule has 0 aliphatic carbocycles. The van der Waals surface area contributed by atoms with Crippen molar-refractivity contribution in [1.82, 2.24) is 5.32 Å². The number of aryl methyl sites for hydroxylation is 1. The number of benzene rings is 1. The molecule has 7 nitrogen and oxygen atoms in total. The number of urea groups is 1. The third-order valence-corrected chi connectivity index (χ3v) is 2.89. The molecule has 0 saturated heterocycles. The second-order valence-electron chi connectivity index (χ2n) is 4.48. The number of nitrogens with one attached hydrogen (secondary N) is 2. The first kappa shape index (κ1) is 16.9. The number of amides is 2. The number of rotatable bonds is 7. The molecule has 0 saturated carbocycles. The van der Waals surface area contributed by atoms with Gasteiger partial charge in [0.25, 0.3) is 0 Å². The molecule has 1 aromatic carbocycles. The Labute approximate surface area is 123 Å². The minimum absolute atomic E-state index is 0.209. The molecule has 0 fully saturated rings. The first-order valence-electron chi connectivity index (χ1n) is 6.38. The number of anilines is 1. The lowest BCUT2D eigenvalue weighted by atomic mass is 10.1. The molecule has 0 spiro atoms. The standard InChI is InChI=1S/C14H20N2O5/c1-9-6-10(4-5-12(9)13(17)18)16-14(19)15-7-11(21-3)8-20-2/h4-6,11H,7-8H2,1-3H3,(H,17,18)(H2,15,16,19). The fourth-order valence-corrected chi connectivity index (χ4v) is 1.76. The summed E-state index contributed by atoms with van der Waals surface area (Å²) in [6.07, 6.45) is -0.225. The van der Waals surface area contributed by atoms with E-state index in [0.29, 0.717) is 24.4 Å².